The zero-order chi connectivity index (χ0) is 23.8. The summed E-state index contributed by atoms with van der Waals surface area (Å²) >= 11 is 0. The van der Waals surface area contributed by atoms with Crippen LogP contribution in [0, 0.1) is 0 Å². The number of rotatable bonds is 9. The minimum absolute atomic E-state index is 0.0338. The van der Waals surface area contributed by atoms with Crippen molar-refractivity contribution in [3.63, 3.8) is 0 Å². The highest BCUT2D eigenvalue weighted by atomic mass is 16.5. The maximum atomic E-state index is 13.1. The average Bonchev–Trinajstić information content (AvgIpc) is 3.29. The van der Waals surface area contributed by atoms with Gasteiger partial charge in [0.05, 0.1) is 18.7 Å². The maximum Gasteiger partial charge on any atom is 0.337 e. The third-order valence-corrected chi connectivity index (χ3v) is 6.09. The molecule has 34 heavy (non-hydrogen) atoms. The number of ether oxygens (including phenoxy) is 1. The van der Waals surface area contributed by atoms with Crippen molar-refractivity contribution in [3.8, 4) is 0 Å². The number of benzene rings is 2. The first kappa shape index (κ1) is 23.6. The number of amides is 1. The van der Waals surface area contributed by atoms with Crippen LogP contribution >= 0.6 is 0 Å². The van der Waals surface area contributed by atoms with Gasteiger partial charge in [-0.3, -0.25) is 14.7 Å². The van der Waals surface area contributed by atoms with Crippen LogP contribution in [-0.4, -0.2) is 47.5 Å². The summed E-state index contributed by atoms with van der Waals surface area (Å²) in [5, 5.41) is 6.67. The van der Waals surface area contributed by atoms with Gasteiger partial charge in [0.2, 0.25) is 5.91 Å². The van der Waals surface area contributed by atoms with Crippen molar-refractivity contribution in [1.29, 1.82) is 0 Å². The lowest BCUT2D eigenvalue weighted by molar-refractivity contribution is -0.125. The Kier molecular flexibility index (Phi) is 8.01. The molecule has 1 aliphatic rings. The second-order valence-electron chi connectivity index (χ2n) is 8.51. The first-order chi connectivity index (χ1) is 16.6. The molecule has 2 atom stereocenters. The predicted octanol–water partition coefficient (Wildman–Crippen LogP) is 2.92. The standard InChI is InChI=1S/C27H30N4O3/c1-34-27(33)23-11-9-20(10-12-23)16-29-24-14-25(26(32)30-17-22-8-5-13-28-15-22)31(19-24)18-21-6-3-2-4-7-21/h2-13,15,24-25,29H,14,16-19H2,1H3,(H,30,32)/t24-,25-/m0/s1. The molecule has 2 heterocycles. The molecule has 0 saturated carbocycles. The Morgan fingerprint density at radius 1 is 0.971 bits per heavy atom. The van der Waals surface area contributed by atoms with Crippen LogP contribution in [0.25, 0.3) is 0 Å². The van der Waals surface area contributed by atoms with E-state index < -0.39 is 0 Å². The Labute approximate surface area is 200 Å². The molecule has 1 saturated heterocycles. The molecular formula is C27H30N4O3. The summed E-state index contributed by atoms with van der Waals surface area (Å²) in [4.78, 5) is 31.1. The van der Waals surface area contributed by atoms with Crippen molar-refractivity contribution in [2.75, 3.05) is 13.7 Å². The summed E-state index contributed by atoms with van der Waals surface area (Å²) in [5.41, 5.74) is 3.78. The number of nitrogens with one attached hydrogen (secondary N) is 2. The van der Waals surface area contributed by atoms with Gasteiger partial charge in [0, 0.05) is 44.6 Å². The lowest BCUT2D eigenvalue weighted by Gasteiger charge is -2.23. The van der Waals surface area contributed by atoms with Gasteiger partial charge in [0.15, 0.2) is 0 Å². The summed E-state index contributed by atoms with van der Waals surface area (Å²) < 4.78 is 4.76. The minimum Gasteiger partial charge on any atom is -0.465 e. The van der Waals surface area contributed by atoms with Crippen molar-refractivity contribution >= 4 is 11.9 Å². The van der Waals surface area contributed by atoms with E-state index in [2.05, 4.69) is 32.7 Å². The molecule has 7 nitrogen and oxygen atoms in total. The fraction of sp³-hybridized carbons (Fsp3) is 0.296. The molecule has 0 unspecified atom stereocenters. The van der Waals surface area contributed by atoms with Gasteiger partial charge >= 0.3 is 5.97 Å². The van der Waals surface area contributed by atoms with E-state index in [0.717, 1.165) is 30.6 Å². The molecule has 1 fully saturated rings. The molecule has 0 aliphatic carbocycles. The van der Waals surface area contributed by atoms with Crippen LogP contribution in [0.1, 0.15) is 33.5 Å². The van der Waals surface area contributed by atoms with Crippen molar-refractivity contribution in [1.82, 2.24) is 20.5 Å². The molecule has 2 N–H and O–H groups in total. The highest BCUT2D eigenvalue weighted by Crippen LogP contribution is 2.22. The summed E-state index contributed by atoms with van der Waals surface area (Å²) in [5.74, 6) is -0.307. The van der Waals surface area contributed by atoms with E-state index in [9.17, 15) is 9.59 Å². The molecule has 1 aromatic heterocycles. The Bertz CT molecular complexity index is 1070. The van der Waals surface area contributed by atoms with E-state index in [1.165, 1.54) is 12.7 Å². The van der Waals surface area contributed by atoms with E-state index in [-0.39, 0.29) is 24.0 Å². The summed E-state index contributed by atoms with van der Waals surface area (Å²) in [6.07, 6.45) is 4.22. The molecule has 0 bridgehead atoms. The van der Waals surface area contributed by atoms with Crippen LogP contribution in [0.15, 0.2) is 79.1 Å². The van der Waals surface area contributed by atoms with E-state index in [1.54, 1.807) is 24.5 Å². The monoisotopic (exact) mass is 458 g/mol. The molecule has 0 radical (unpaired) electrons. The van der Waals surface area contributed by atoms with E-state index >= 15 is 0 Å². The predicted molar refractivity (Wildman–Crippen MR) is 130 cm³/mol. The van der Waals surface area contributed by atoms with Crippen LogP contribution < -0.4 is 10.6 Å². The topological polar surface area (TPSA) is 83.6 Å². The number of methoxy groups -OCH3 is 1. The highest BCUT2D eigenvalue weighted by molar-refractivity contribution is 5.89. The second kappa shape index (κ2) is 11.5. The van der Waals surface area contributed by atoms with Crippen LogP contribution in [0.2, 0.25) is 0 Å². The number of carbonyl (C=O) groups excluding carboxylic acids is 2. The lowest BCUT2D eigenvalue weighted by Crippen LogP contribution is -2.42. The second-order valence-corrected chi connectivity index (χ2v) is 8.51. The smallest absolute Gasteiger partial charge is 0.337 e. The van der Waals surface area contributed by atoms with Gasteiger partial charge in [-0.15, -0.1) is 0 Å². The van der Waals surface area contributed by atoms with E-state index in [4.69, 9.17) is 4.74 Å². The Morgan fingerprint density at radius 2 is 1.74 bits per heavy atom. The number of likely N-dealkylation sites (tertiary alicyclic amines) is 1. The number of esters is 1. The number of carbonyl (C=O) groups is 2. The van der Waals surface area contributed by atoms with Gasteiger partial charge in [-0.2, -0.15) is 0 Å². The fourth-order valence-corrected chi connectivity index (χ4v) is 4.27. The third-order valence-electron chi connectivity index (χ3n) is 6.09. The summed E-state index contributed by atoms with van der Waals surface area (Å²) in [6.45, 7) is 2.63. The average molecular weight is 459 g/mol. The highest BCUT2D eigenvalue weighted by Gasteiger charge is 2.36. The van der Waals surface area contributed by atoms with Gasteiger partial charge in [0.1, 0.15) is 0 Å². The third kappa shape index (κ3) is 6.27. The summed E-state index contributed by atoms with van der Waals surface area (Å²) in [6, 6.07) is 21.4. The number of aromatic nitrogens is 1. The first-order valence-corrected chi connectivity index (χ1v) is 11.5. The SMILES string of the molecule is COC(=O)c1ccc(CN[C@H]2C[C@@H](C(=O)NCc3cccnc3)N(Cc3ccccc3)C2)cc1. The van der Waals surface area contributed by atoms with E-state index in [0.29, 0.717) is 18.7 Å². The molecule has 1 aliphatic heterocycles. The van der Waals surface area contributed by atoms with Gasteiger partial charge in [0.25, 0.3) is 0 Å². The molecule has 3 aromatic rings. The maximum absolute atomic E-state index is 13.1. The van der Waals surface area contributed by atoms with Crippen LogP contribution in [0.5, 0.6) is 0 Å². The van der Waals surface area contributed by atoms with Gasteiger partial charge in [-0.05, 0) is 41.3 Å². The molecule has 7 heteroatoms. The number of pyridine rings is 1. The minimum atomic E-state index is -0.341. The number of nitrogens with zero attached hydrogens (tertiary/aromatic N) is 2. The zero-order valence-electron chi connectivity index (χ0n) is 19.3. The number of hydrogen-bond donors (Lipinski definition) is 2. The molecule has 0 spiro atoms. The molecule has 2 aromatic carbocycles. The first-order valence-electron chi connectivity index (χ1n) is 11.5. The largest absolute Gasteiger partial charge is 0.465 e. The van der Waals surface area contributed by atoms with Crippen molar-refractivity contribution in [2.45, 2.75) is 38.1 Å². The Morgan fingerprint density at radius 3 is 2.44 bits per heavy atom. The molecular weight excluding hydrogens is 428 g/mol. The molecule has 176 valence electrons. The van der Waals surface area contributed by atoms with E-state index in [1.807, 2.05) is 42.5 Å². The fourth-order valence-electron chi connectivity index (χ4n) is 4.27. The van der Waals surface area contributed by atoms with Gasteiger partial charge in [-0.1, -0.05) is 48.5 Å². The van der Waals surface area contributed by atoms with Gasteiger partial charge < -0.3 is 15.4 Å². The van der Waals surface area contributed by atoms with Gasteiger partial charge in [-0.25, -0.2) is 4.79 Å². The zero-order valence-corrected chi connectivity index (χ0v) is 19.3. The molecule has 1 amide bonds. The van der Waals surface area contributed by atoms with Crippen LogP contribution in [0.3, 0.4) is 0 Å². The normalized spacial score (nSPS) is 17.9. The van der Waals surface area contributed by atoms with Crippen molar-refractivity contribution in [3.05, 3.63) is 101 Å². The van der Waals surface area contributed by atoms with Crippen LogP contribution in [-0.2, 0) is 29.2 Å². The Hall–Kier alpha value is -3.55. The number of hydrogen-bond acceptors (Lipinski definition) is 6. The Balaban J connectivity index is 1.38. The summed E-state index contributed by atoms with van der Waals surface area (Å²) in [7, 11) is 1.38. The van der Waals surface area contributed by atoms with Crippen molar-refractivity contribution < 1.29 is 14.3 Å². The quantitative estimate of drug-likeness (QED) is 0.480. The van der Waals surface area contributed by atoms with Crippen molar-refractivity contribution in [2.24, 2.45) is 0 Å². The molecule has 4 rings (SSSR count). The lowest BCUT2D eigenvalue weighted by atomic mass is 10.1. The van der Waals surface area contributed by atoms with Crippen LogP contribution in [0.4, 0.5) is 0 Å².